The minimum atomic E-state index is -3.03. The molecule has 1 aliphatic rings. The first kappa shape index (κ1) is 16.1. The molecule has 4 atom stereocenters. The molecule has 1 saturated carbocycles. The third-order valence-electron chi connectivity index (χ3n) is 3.91. The van der Waals surface area contributed by atoms with Gasteiger partial charge in [-0.2, -0.15) is 0 Å². The van der Waals surface area contributed by atoms with E-state index in [0.717, 1.165) is 25.7 Å². The molecule has 0 aliphatic heterocycles. The summed E-state index contributed by atoms with van der Waals surface area (Å²) in [5.41, 5.74) is 5.75. The molecule has 6 heteroatoms. The lowest BCUT2D eigenvalue weighted by Crippen LogP contribution is -2.38. The van der Waals surface area contributed by atoms with Crippen molar-refractivity contribution in [2.45, 2.75) is 37.9 Å². The largest absolute Gasteiger partial charge is 0.330 e. The molecule has 1 rings (SSSR count). The van der Waals surface area contributed by atoms with Crippen LogP contribution in [0.4, 0.5) is 0 Å². The Bertz CT molecular complexity index is 381. The topological polar surface area (TPSA) is 77.2 Å². The molecule has 2 N–H and O–H groups in total. The van der Waals surface area contributed by atoms with Gasteiger partial charge in [-0.1, -0.05) is 19.8 Å². The molecule has 4 nitrogen and oxygen atoms in total. The van der Waals surface area contributed by atoms with Crippen molar-refractivity contribution in [1.82, 2.24) is 0 Å². The Morgan fingerprint density at radius 1 is 1.33 bits per heavy atom. The lowest BCUT2D eigenvalue weighted by molar-refractivity contribution is 0.280. The molecule has 0 aromatic rings. The fourth-order valence-corrected chi connectivity index (χ4v) is 5.96. The summed E-state index contributed by atoms with van der Waals surface area (Å²) in [5.74, 6) is 1.20. The van der Waals surface area contributed by atoms with Gasteiger partial charge in [0.05, 0.1) is 5.75 Å². The standard InChI is InChI=1S/C12H25NO3S2/c1-3-10-4-5-11(9-13)12(8-10)17(14)6-7-18(2,15)16/h10-12H,3-9,13H2,1-2H3. The smallest absolute Gasteiger partial charge is 0.148 e. The second-order valence-electron chi connectivity index (χ2n) is 5.34. The minimum absolute atomic E-state index is 0.0180. The van der Waals surface area contributed by atoms with Gasteiger partial charge in [-0.05, 0) is 31.2 Å². The van der Waals surface area contributed by atoms with Gasteiger partial charge in [-0.3, -0.25) is 4.21 Å². The van der Waals surface area contributed by atoms with E-state index in [4.69, 9.17) is 5.73 Å². The zero-order valence-corrected chi connectivity index (χ0v) is 12.9. The molecule has 18 heavy (non-hydrogen) atoms. The average Bonchev–Trinajstić information content (AvgIpc) is 2.34. The summed E-state index contributed by atoms with van der Waals surface area (Å²) in [6, 6.07) is 0. The Balaban J connectivity index is 2.61. The molecule has 0 heterocycles. The highest BCUT2D eigenvalue weighted by Gasteiger charge is 2.32. The molecule has 0 spiro atoms. The summed E-state index contributed by atoms with van der Waals surface area (Å²) in [6.07, 6.45) is 5.44. The predicted octanol–water partition coefficient (Wildman–Crippen LogP) is 0.933. The number of hydrogen-bond donors (Lipinski definition) is 1. The first-order valence-corrected chi connectivity index (χ1v) is 10.1. The van der Waals surface area contributed by atoms with Crippen molar-refractivity contribution >= 4 is 20.6 Å². The molecule has 108 valence electrons. The Hall–Kier alpha value is 0.0600. The maximum Gasteiger partial charge on any atom is 0.148 e. The zero-order valence-electron chi connectivity index (χ0n) is 11.3. The lowest BCUT2D eigenvalue weighted by atomic mass is 9.80. The Labute approximate surface area is 113 Å². The number of sulfone groups is 1. The van der Waals surface area contributed by atoms with E-state index >= 15 is 0 Å². The van der Waals surface area contributed by atoms with Gasteiger partial charge in [-0.25, -0.2) is 8.42 Å². The Morgan fingerprint density at radius 2 is 2.00 bits per heavy atom. The molecule has 0 aromatic carbocycles. The van der Waals surface area contributed by atoms with Gasteiger partial charge in [0, 0.05) is 28.1 Å². The summed E-state index contributed by atoms with van der Waals surface area (Å²) in [7, 11) is -4.09. The normalized spacial score (nSPS) is 31.2. The van der Waals surface area contributed by atoms with Crippen LogP contribution in [-0.2, 0) is 20.6 Å². The van der Waals surface area contributed by atoms with Crippen molar-refractivity contribution in [2.75, 3.05) is 24.3 Å². The maximum atomic E-state index is 12.3. The van der Waals surface area contributed by atoms with Crippen molar-refractivity contribution < 1.29 is 12.6 Å². The second kappa shape index (κ2) is 7.01. The fraction of sp³-hybridized carbons (Fsp3) is 1.00. The molecule has 0 amide bonds. The van der Waals surface area contributed by atoms with Crippen LogP contribution in [0.1, 0.15) is 32.6 Å². The third-order valence-corrected chi connectivity index (χ3v) is 6.97. The zero-order chi connectivity index (χ0) is 13.8. The fourth-order valence-electron chi connectivity index (χ4n) is 2.62. The molecule has 0 radical (unpaired) electrons. The van der Waals surface area contributed by atoms with Crippen LogP contribution in [0.15, 0.2) is 0 Å². The highest BCUT2D eigenvalue weighted by Crippen LogP contribution is 2.33. The van der Waals surface area contributed by atoms with Gasteiger partial charge >= 0.3 is 0 Å². The summed E-state index contributed by atoms with van der Waals surface area (Å²) in [4.78, 5) is 0. The quantitative estimate of drug-likeness (QED) is 0.791. The third kappa shape index (κ3) is 4.97. The molecule has 0 saturated heterocycles. The summed E-state index contributed by atoms with van der Waals surface area (Å²) < 4.78 is 34.5. The van der Waals surface area contributed by atoms with E-state index in [2.05, 4.69) is 6.92 Å². The van der Waals surface area contributed by atoms with Crippen LogP contribution < -0.4 is 5.73 Å². The second-order valence-corrected chi connectivity index (χ2v) is 9.37. The number of nitrogens with two attached hydrogens (primary N) is 1. The molecule has 4 unspecified atom stereocenters. The first-order valence-electron chi connectivity index (χ1n) is 6.62. The molecule has 1 fully saturated rings. The van der Waals surface area contributed by atoms with Gasteiger partial charge in [0.25, 0.3) is 0 Å². The van der Waals surface area contributed by atoms with Crippen LogP contribution >= 0.6 is 0 Å². The van der Waals surface area contributed by atoms with Crippen LogP contribution in [0.3, 0.4) is 0 Å². The highest BCUT2D eigenvalue weighted by atomic mass is 32.2. The van der Waals surface area contributed by atoms with E-state index in [9.17, 15) is 12.6 Å². The summed E-state index contributed by atoms with van der Waals surface area (Å²) in [5, 5.41) is 0.0930. The monoisotopic (exact) mass is 295 g/mol. The van der Waals surface area contributed by atoms with E-state index in [1.54, 1.807) is 0 Å². The van der Waals surface area contributed by atoms with Crippen molar-refractivity contribution in [3.63, 3.8) is 0 Å². The molecule has 1 aliphatic carbocycles. The first-order chi connectivity index (χ1) is 8.37. The summed E-state index contributed by atoms with van der Waals surface area (Å²) in [6.45, 7) is 2.72. The summed E-state index contributed by atoms with van der Waals surface area (Å²) >= 11 is 0. The van der Waals surface area contributed by atoms with Gasteiger partial charge in [0.15, 0.2) is 0 Å². The van der Waals surface area contributed by atoms with Crippen LogP contribution in [-0.4, -0.2) is 42.2 Å². The Morgan fingerprint density at radius 3 is 2.50 bits per heavy atom. The molecule has 0 bridgehead atoms. The lowest BCUT2D eigenvalue weighted by Gasteiger charge is -2.34. The SMILES string of the molecule is CCC1CCC(CN)C(S(=O)CCS(C)(=O)=O)C1. The van der Waals surface area contributed by atoms with E-state index in [0.29, 0.717) is 18.4 Å². The van der Waals surface area contributed by atoms with Gasteiger partial charge in [0.2, 0.25) is 0 Å². The molecule has 0 aromatic heterocycles. The number of rotatable bonds is 6. The van der Waals surface area contributed by atoms with E-state index in [1.165, 1.54) is 6.26 Å². The van der Waals surface area contributed by atoms with Crippen LogP contribution in [0.25, 0.3) is 0 Å². The van der Waals surface area contributed by atoms with Crippen LogP contribution in [0.2, 0.25) is 0 Å². The van der Waals surface area contributed by atoms with E-state index in [-0.39, 0.29) is 16.8 Å². The van der Waals surface area contributed by atoms with E-state index in [1.807, 2.05) is 0 Å². The van der Waals surface area contributed by atoms with Crippen molar-refractivity contribution in [3.8, 4) is 0 Å². The van der Waals surface area contributed by atoms with Gasteiger partial charge < -0.3 is 5.73 Å². The van der Waals surface area contributed by atoms with Gasteiger partial charge in [0.1, 0.15) is 9.84 Å². The maximum absolute atomic E-state index is 12.3. The van der Waals surface area contributed by atoms with Crippen molar-refractivity contribution in [2.24, 2.45) is 17.6 Å². The highest BCUT2D eigenvalue weighted by molar-refractivity contribution is 7.92. The molecular weight excluding hydrogens is 270 g/mol. The Kier molecular flexibility index (Phi) is 6.27. The van der Waals surface area contributed by atoms with E-state index < -0.39 is 20.6 Å². The van der Waals surface area contributed by atoms with Crippen molar-refractivity contribution in [3.05, 3.63) is 0 Å². The van der Waals surface area contributed by atoms with Crippen LogP contribution in [0.5, 0.6) is 0 Å². The predicted molar refractivity (Wildman–Crippen MR) is 76.7 cm³/mol. The van der Waals surface area contributed by atoms with Crippen molar-refractivity contribution in [1.29, 1.82) is 0 Å². The minimum Gasteiger partial charge on any atom is -0.330 e. The average molecular weight is 295 g/mol. The number of hydrogen-bond acceptors (Lipinski definition) is 4. The van der Waals surface area contributed by atoms with Crippen LogP contribution in [0, 0.1) is 11.8 Å². The van der Waals surface area contributed by atoms with Gasteiger partial charge in [-0.15, -0.1) is 0 Å². The molecular formula is C12H25NO3S2.